The average molecular weight is 484 g/mol. The van der Waals surface area contributed by atoms with Crippen molar-refractivity contribution in [1.29, 1.82) is 0 Å². The van der Waals surface area contributed by atoms with E-state index in [1.54, 1.807) is 6.07 Å². The Morgan fingerprint density at radius 2 is 2.06 bits per heavy atom. The van der Waals surface area contributed by atoms with E-state index in [1.165, 1.54) is 16.8 Å². The summed E-state index contributed by atoms with van der Waals surface area (Å²) in [6, 6.07) is 1.86. The van der Waals surface area contributed by atoms with Crippen LogP contribution in [0.1, 0.15) is 31.1 Å². The maximum atomic E-state index is 15.0. The number of aliphatic hydroxyl groups is 2. The maximum absolute atomic E-state index is 15.0. The van der Waals surface area contributed by atoms with Crippen LogP contribution in [0.3, 0.4) is 0 Å². The van der Waals surface area contributed by atoms with Crippen molar-refractivity contribution in [1.82, 2.24) is 19.5 Å². The maximum Gasteiger partial charge on any atom is 0.252 e. The van der Waals surface area contributed by atoms with E-state index in [4.69, 9.17) is 16.3 Å². The quantitative estimate of drug-likeness (QED) is 0.511. The number of alkyl halides is 2. The second-order valence-electron chi connectivity index (χ2n) is 8.37. The molecule has 0 radical (unpaired) electrons. The highest BCUT2D eigenvalue weighted by Crippen LogP contribution is 2.47. The fourth-order valence-electron chi connectivity index (χ4n) is 4.36. The van der Waals surface area contributed by atoms with Crippen LogP contribution in [0.4, 0.5) is 19.1 Å². The third-order valence-electron chi connectivity index (χ3n) is 6.06. The molecule has 1 saturated carbocycles. The molecule has 0 unspecified atom stereocenters. The van der Waals surface area contributed by atoms with Crippen LogP contribution in [0.15, 0.2) is 18.3 Å². The van der Waals surface area contributed by atoms with E-state index < -0.39 is 43.3 Å². The largest absolute Gasteiger partial charge is 0.389 e. The summed E-state index contributed by atoms with van der Waals surface area (Å²) in [5.74, 6) is -3.17. The molecule has 176 valence electrons. The van der Waals surface area contributed by atoms with Gasteiger partial charge in [-0.2, -0.15) is 0 Å². The van der Waals surface area contributed by atoms with Gasteiger partial charge in [0, 0.05) is 31.1 Å². The van der Waals surface area contributed by atoms with E-state index in [2.05, 4.69) is 20.3 Å². The van der Waals surface area contributed by atoms with Crippen LogP contribution in [0, 0.1) is 5.82 Å². The van der Waals surface area contributed by atoms with Crippen LogP contribution < -0.4 is 5.32 Å². The third-order valence-corrected chi connectivity index (χ3v) is 6.33. The number of hydrogen-bond donors (Lipinski definition) is 3. The molecule has 33 heavy (non-hydrogen) atoms. The van der Waals surface area contributed by atoms with Crippen LogP contribution >= 0.6 is 11.6 Å². The number of halogens is 4. The SMILES string of the molecule is OCc1nc2c(F)cc(-c3nc(N[C@@H]4CCOC[C@H]4O)ncc3Cl)cc2n1C1CC(F)(F)C1. The second kappa shape index (κ2) is 8.39. The number of nitrogens with zero attached hydrogens (tertiary/aromatic N) is 4. The molecule has 1 aliphatic carbocycles. The number of imidazole rings is 1. The van der Waals surface area contributed by atoms with Crippen LogP contribution in [-0.2, 0) is 11.3 Å². The number of fused-ring (bicyclic) bond motifs is 1. The van der Waals surface area contributed by atoms with Crippen LogP contribution in [0.5, 0.6) is 0 Å². The topological polar surface area (TPSA) is 105 Å². The molecule has 3 N–H and O–H groups in total. The van der Waals surface area contributed by atoms with Crippen LogP contribution in [0.25, 0.3) is 22.3 Å². The summed E-state index contributed by atoms with van der Waals surface area (Å²) in [6.07, 6.45) is 0.364. The van der Waals surface area contributed by atoms with E-state index in [0.29, 0.717) is 18.6 Å². The summed E-state index contributed by atoms with van der Waals surface area (Å²) in [5.41, 5.74) is 0.791. The number of rotatable bonds is 5. The Hall–Kier alpha value is -2.47. The van der Waals surface area contributed by atoms with Gasteiger partial charge in [0.15, 0.2) is 5.82 Å². The fourth-order valence-corrected chi connectivity index (χ4v) is 4.57. The van der Waals surface area contributed by atoms with E-state index in [1.807, 2.05) is 0 Å². The first-order valence-corrected chi connectivity index (χ1v) is 10.9. The van der Waals surface area contributed by atoms with Gasteiger partial charge in [0.2, 0.25) is 5.95 Å². The van der Waals surface area contributed by atoms with Gasteiger partial charge in [-0.15, -0.1) is 0 Å². The molecule has 0 amide bonds. The lowest BCUT2D eigenvalue weighted by atomic mass is 9.87. The van der Waals surface area contributed by atoms with Crippen molar-refractivity contribution in [2.45, 2.75) is 50.0 Å². The minimum atomic E-state index is -2.80. The lowest BCUT2D eigenvalue weighted by molar-refractivity contribution is -0.104. The molecule has 2 atom stereocenters. The van der Waals surface area contributed by atoms with Gasteiger partial charge in [-0.3, -0.25) is 0 Å². The van der Waals surface area contributed by atoms with E-state index >= 15 is 4.39 Å². The molecule has 5 rings (SSSR count). The molecule has 3 heterocycles. The lowest BCUT2D eigenvalue weighted by Crippen LogP contribution is -2.42. The van der Waals surface area contributed by atoms with Gasteiger partial charge < -0.3 is 24.8 Å². The number of ether oxygens (including phenoxy) is 1. The van der Waals surface area contributed by atoms with Crippen molar-refractivity contribution < 1.29 is 28.1 Å². The van der Waals surface area contributed by atoms with Gasteiger partial charge in [0.1, 0.15) is 17.9 Å². The predicted molar refractivity (Wildman–Crippen MR) is 114 cm³/mol. The minimum Gasteiger partial charge on any atom is -0.389 e. The second-order valence-corrected chi connectivity index (χ2v) is 8.78. The van der Waals surface area contributed by atoms with Crippen molar-refractivity contribution in [3.05, 3.63) is 35.0 Å². The molecule has 0 spiro atoms. The summed E-state index contributed by atoms with van der Waals surface area (Å²) in [5, 5.41) is 23.0. The van der Waals surface area contributed by atoms with E-state index in [-0.39, 0.29) is 46.2 Å². The smallest absolute Gasteiger partial charge is 0.252 e. The average Bonchev–Trinajstić information content (AvgIpc) is 3.13. The van der Waals surface area contributed by atoms with Crippen molar-refractivity contribution in [2.24, 2.45) is 0 Å². The first-order chi connectivity index (χ1) is 15.8. The Morgan fingerprint density at radius 1 is 1.27 bits per heavy atom. The van der Waals surface area contributed by atoms with Crippen molar-refractivity contribution >= 4 is 28.6 Å². The fraction of sp³-hybridized carbons (Fsp3) is 0.476. The Kier molecular flexibility index (Phi) is 5.68. The van der Waals surface area contributed by atoms with E-state index in [0.717, 1.165) is 0 Å². The molecule has 3 aromatic rings. The molecule has 1 saturated heterocycles. The van der Waals surface area contributed by atoms with Gasteiger partial charge in [-0.25, -0.2) is 28.1 Å². The van der Waals surface area contributed by atoms with Crippen molar-refractivity contribution in [3.63, 3.8) is 0 Å². The molecule has 1 aliphatic heterocycles. The number of anilines is 1. The first kappa shape index (κ1) is 22.3. The van der Waals surface area contributed by atoms with Gasteiger partial charge in [-0.05, 0) is 18.6 Å². The van der Waals surface area contributed by atoms with Crippen molar-refractivity contribution in [2.75, 3.05) is 18.5 Å². The highest BCUT2D eigenvalue weighted by molar-refractivity contribution is 6.33. The summed E-state index contributed by atoms with van der Waals surface area (Å²) in [4.78, 5) is 12.7. The number of nitrogens with one attached hydrogen (secondary N) is 1. The monoisotopic (exact) mass is 483 g/mol. The van der Waals surface area contributed by atoms with Crippen LogP contribution in [0.2, 0.25) is 5.02 Å². The molecular weight excluding hydrogens is 463 g/mol. The normalized spacial score (nSPS) is 23.0. The molecule has 2 fully saturated rings. The zero-order chi connectivity index (χ0) is 23.3. The standard InChI is InChI=1S/C21H21ClF3N5O3/c22-12-7-26-20(27-14-1-2-33-9-16(14)32)29-18(12)10-3-13(23)19-15(4-10)30(17(8-31)28-19)11-5-21(24,25)6-11/h3-4,7,11,14,16,31-32H,1-2,5-6,8-9H2,(H,26,27,29)/t14-,16-/m1/s1. The molecule has 8 nitrogen and oxygen atoms in total. The Labute approximate surface area is 191 Å². The minimum absolute atomic E-state index is 0.0214. The molecule has 0 bridgehead atoms. The highest BCUT2D eigenvalue weighted by Gasteiger charge is 2.47. The summed E-state index contributed by atoms with van der Waals surface area (Å²) < 4.78 is 48.7. The molecule has 2 aliphatic rings. The zero-order valence-electron chi connectivity index (χ0n) is 17.3. The summed E-state index contributed by atoms with van der Waals surface area (Å²) in [6.45, 7) is 0.160. The molecule has 1 aromatic carbocycles. The number of hydrogen-bond acceptors (Lipinski definition) is 7. The number of benzene rings is 1. The van der Waals surface area contributed by atoms with Gasteiger partial charge in [0.05, 0.1) is 41.2 Å². The zero-order valence-corrected chi connectivity index (χ0v) is 18.1. The lowest BCUT2D eigenvalue weighted by Gasteiger charge is -2.36. The van der Waals surface area contributed by atoms with Gasteiger partial charge in [-0.1, -0.05) is 11.6 Å². The molecule has 12 heteroatoms. The summed E-state index contributed by atoms with van der Waals surface area (Å²) >= 11 is 6.31. The Morgan fingerprint density at radius 3 is 2.76 bits per heavy atom. The van der Waals surface area contributed by atoms with Crippen molar-refractivity contribution in [3.8, 4) is 11.3 Å². The van der Waals surface area contributed by atoms with Gasteiger partial charge in [0.25, 0.3) is 5.92 Å². The number of aliphatic hydroxyl groups excluding tert-OH is 2. The molecular formula is C21H21ClF3N5O3. The van der Waals surface area contributed by atoms with Gasteiger partial charge >= 0.3 is 0 Å². The first-order valence-electron chi connectivity index (χ1n) is 10.5. The Balaban J connectivity index is 1.54. The summed E-state index contributed by atoms with van der Waals surface area (Å²) in [7, 11) is 0. The Bertz CT molecular complexity index is 1200. The third kappa shape index (κ3) is 4.14. The van der Waals surface area contributed by atoms with Crippen LogP contribution in [-0.4, -0.2) is 61.0 Å². The van der Waals surface area contributed by atoms with E-state index in [9.17, 15) is 19.0 Å². The predicted octanol–water partition coefficient (Wildman–Crippen LogP) is 3.31. The molecule has 2 aromatic heterocycles. The number of aromatic nitrogens is 4. The highest BCUT2D eigenvalue weighted by atomic mass is 35.5.